The van der Waals surface area contributed by atoms with Gasteiger partial charge in [-0.1, -0.05) is 54.6 Å². The largest absolute Gasteiger partial charge is 0.455 e. The molecule has 5 aromatic heterocycles. The second-order valence-electron chi connectivity index (χ2n) is 14.6. The summed E-state index contributed by atoms with van der Waals surface area (Å²) in [6.45, 7) is 7.08. The highest BCUT2D eigenvalue weighted by atomic mass is 16.3. The molecule has 2 unspecified atom stereocenters. The van der Waals surface area contributed by atoms with Gasteiger partial charge in [-0.2, -0.15) is 9.13 Å². The van der Waals surface area contributed by atoms with Crippen LogP contribution in [0.3, 0.4) is 0 Å². The number of hydrogen-bond donors (Lipinski definition) is 0. The molecule has 0 radical (unpaired) electrons. The third kappa shape index (κ3) is 3.49. The van der Waals surface area contributed by atoms with Gasteiger partial charge in [0.05, 0.1) is 33.4 Å². The molecule has 0 fully saturated rings. The number of hydrogen-bond acceptors (Lipinski definition) is 1. The first-order valence-corrected chi connectivity index (χ1v) is 18.0. The van der Waals surface area contributed by atoms with Crippen LogP contribution in [0.4, 0.5) is 0 Å². The van der Waals surface area contributed by atoms with Gasteiger partial charge in [-0.05, 0) is 86.0 Å². The van der Waals surface area contributed by atoms with Crippen LogP contribution < -0.4 is 9.13 Å². The molecule has 0 saturated heterocycles. The van der Waals surface area contributed by atoms with Crippen LogP contribution in [-0.2, 0) is 6.42 Å². The molecule has 2 atom stereocenters. The first kappa shape index (κ1) is 27.5. The highest BCUT2D eigenvalue weighted by Crippen LogP contribution is 2.47. The summed E-state index contributed by atoms with van der Waals surface area (Å²) in [5, 5.41) is 7.32. The zero-order chi connectivity index (χ0) is 33.5. The first-order valence-electron chi connectivity index (χ1n) is 18.0. The molecule has 0 saturated carbocycles. The van der Waals surface area contributed by atoms with E-state index >= 15 is 0 Å². The average molecular weight is 656 g/mol. The summed E-state index contributed by atoms with van der Waals surface area (Å²) < 4.78 is 14.0. The predicted octanol–water partition coefficient (Wildman–Crippen LogP) is 10.7. The number of benzene rings is 5. The molecule has 51 heavy (non-hydrogen) atoms. The van der Waals surface area contributed by atoms with Gasteiger partial charge in [-0.15, -0.1) is 0 Å². The fourth-order valence-corrected chi connectivity index (χ4v) is 9.84. The van der Waals surface area contributed by atoms with E-state index in [1.54, 1.807) is 0 Å². The minimum absolute atomic E-state index is 0.0859. The maximum atomic E-state index is 6.61. The Hall–Kier alpha value is -6.26. The van der Waals surface area contributed by atoms with E-state index in [0.717, 1.165) is 35.1 Å². The number of aromatic nitrogens is 3. The summed E-state index contributed by atoms with van der Waals surface area (Å²) in [4.78, 5) is 0. The lowest BCUT2D eigenvalue weighted by molar-refractivity contribution is -0.727. The summed E-state index contributed by atoms with van der Waals surface area (Å²) in [5.41, 5.74) is 15.8. The fourth-order valence-electron chi connectivity index (χ4n) is 9.84. The van der Waals surface area contributed by atoms with E-state index in [1.807, 2.05) is 0 Å². The van der Waals surface area contributed by atoms with Crippen molar-refractivity contribution < 1.29 is 13.6 Å². The van der Waals surface area contributed by atoms with E-state index < -0.39 is 0 Å². The second kappa shape index (κ2) is 9.70. The highest BCUT2D eigenvalue weighted by Gasteiger charge is 2.46. The van der Waals surface area contributed by atoms with Gasteiger partial charge >= 0.3 is 0 Å². The summed E-state index contributed by atoms with van der Waals surface area (Å²) in [5.74, 6) is 0.270. The Morgan fingerprint density at radius 3 is 2.51 bits per heavy atom. The number of nitrogens with zero attached hydrogens (tertiary/aromatic N) is 3. The minimum atomic E-state index is 0.0859. The van der Waals surface area contributed by atoms with E-state index in [1.165, 1.54) is 82.7 Å². The molecule has 7 heterocycles. The number of furan rings is 1. The molecule has 4 nitrogen and oxygen atoms in total. The summed E-state index contributed by atoms with van der Waals surface area (Å²) in [6.07, 6.45) is 6.50. The van der Waals surface area contributed by atoms with Gasteiger partial charge in [0.1, 0.15) is 11.2 Å². The van der Waals surface area contributed by atoms with Gasteiger partial charge in [0, 0.05) is 56.3 Å². The Bertz CT molecular complexity index is 3140. The van der Waals surface area contributed by atoms with Crippen LogP contribution in [0, 0.1) is 6.92 Å². The maximum Gasteiger partial charge on any atom is 0.249 e. The minimum Gasteiger partial charge on any atom is -0.455 e. The van der Waals surface area contributed by atoms with Crippen LogP contribution in [-0.4, -0.2) is 4.40 Å². The van der Waals surface area contributed by atoms with Crippen molar-refractivity contribution in [2.45, 2.75) is 31.7 Å². The Morgan fingerprint density at radius 2 is 1.55 bits per heavy atom. The maximum absolute atomic E-state index is 6.61. The number of para-hydroxylation sites is 2. The molecule has 0 N–H and O–H groups in total. The van der Waals surface area contributed by atoms with Gasteiger partial charge in [0.2, 0.25) is 23.1 Å². The quantitative estimate of drug-likeness (QED) is 0.149. The van der Waals surface area contributed by atoms with Crippen molar-refractivity contribution in [3.8, 4) is 22.5 Å². The van der Waals surface area contributed by atoms with Crippen molar-refractivity contribution in [2.24, 2.45) is 0 Å². The second-order valence-corrected chi connectivity index (χ2v) is 14.6. The lowest BCUT2D eigenvalue weighted by Crippen LogP contribution is -2.53. The Kier molecular flexibility index (Phi) is 5.24. The number of fused-ring (bicyclic) bond motifs is 19. The number of aryl methyl sites for hydroxylation is 2. The normalized spacial score (nSPS) is 17.0. The summed E-state index contributed by atoms with van der Waals surface area (Å²) in [7, 11) is 0. The zero-order valence-corrected chi connectivity index (χ0v) is 28.2. The molecule has 0 spiro atoms. The van der Waals surface area contributed by atoms with Crippen LogP contribution in [0.1, 0.15) is 35.1 Å². The Labute approximate surface area is 294 Å². The van der Waals surface area contributed by atoms with Gasteiger partial charge in [0.25, 0.3) is 0 Å². The van der Waals surface area contributed by atoms with Crippen LogP contribution in [0.15, 0.2) is 145 Å². The molecule has 4 heteroatoms. The topological polar surface area (TPSA) is 25.3 Å². The zero-order valence-electron chi connectivity index (χ0n) is 28.2. The Balaban J connectivity index is 1.16. The SMILES string of the molecule is C=C1C2C(CCc3cc4c(cc3-c3ccc(C)c[n+]31)c1cccc3c5c6oc7ccccc7c6ccc5n4c13)c1ccccc1-c1cccc[n+]12. The molecule has 2 aliphatic heterocycles. The number of rotatable bonds is 0. The van der Waals surface area contributed by atoms with E-state index in [-0.39, 0.29) is 12.0 Å². The highest BCUT2D eigenvalue weighted by molar-refractivity contribution is 6.29. The molecule has 12 rings (SSSR count). The molecule has 0 bridgehead atoms. The van der Waals surface area contributed by atoms with Crippen molar-refractivity contribution in [3.05, 3.63) is 157 Å². The molecule has 2 aliphatic rings. The van der Waals surface area contributed by atoms with E-state index in [9.17, 15) is 0 Å². The first-order chi connectivity index (χ1) is 25.1. The molecule has 10 aromatic rings. The Morgan fingerprint density at radius 1 is 0.706 bits per heavy atom. The summed E-state index contributed by atoms with van der Waals surface area (Å²) in [6, 6.07) is 44.9. The molecular weight excluding hydrogens is 623 g/mol. The van der Waals surface area contributed by atoms with E-state index in [0.29, 0.717) is 0 Å². The molecule has 240 valence electrons. The van der Waals surface area contributed by atoms with Gasteiger partial charge < -0.3 is 8.82 Å². The van der Waals surface area contributed by atoms with Crippen LogP contribution >= 0.6 is 0 Å². The van der Waals surface area contributed by atoms with Crippen LogP contribution in [0.2, 0.25) is 0 Å². The van der Waals surface area contributed by atoms with Gasteiger partial charge in [0.15, 0.2) is 12.4 Å². The average Bonchev–Trinajstić information content (AvgIpc) is 3.83. The van der Waals surface area contributed by atoms with Crippen molar-refractivity contribution in [3.63, 3.8) is 0 Å². The van der Waals surface area contributed by atoms with Gasteiger partial charge in [-0.3, -0.25) is 0 Å². The molecule has 5 aromatic carbocycles. The molecule has 0 amide bonds. The lowest BCUT2D eigenvalue weighted by atomic mass is 9.78. The van der Waals surface area contributed by atoms with E-state index in [2.05, 4.69) is 154 Å². The van der Waals surface area contributed by atoms with Gasteiger partial charge in [-0.25, -0.2) is 0 Å². The number of pyridine rings is 2. The standard InChI is InChI=1S/C47H33N3O/c1-27-17-21-40-37-25-38-33-13-9-14-36-44-41(22-20-35-32-12-5-6-16-43(32)51-47(35)44)50(46(33)36)42(38)24-29(37)18-19-34-30-10-3-4-11-31(30)39-15-7-8-23-48(39)45(34)28(2)49(40)26-27/h3-17,20-26,34,45H,2,18-19H2,1H3/q+2. The third-order valence-corrected chi connectivity index (χ3v) is 12.0. The monoisotopic (exact) mass is 655 g/mol. The van der Waals surface area contributed by atoms with Crippen molar-refractivity contribution in [1.29, 1.82) is 0 Å². The van der Waals surface area contributed by atoms with Crippen LogP contribution in [0.5, 0.6) is 0 Å². The smallest absolute Gasteiger partial charge is 0.249 e. The molecule has 0 aliphatic carbocycles. The van der Waals surface area contributed by atoms with E-state index in [4.69, 9.17) is 11.0 Å². The number of allylic oxidation sites excluding steroid dienone is 1. The summed E-state index contributed by atoms with van der Waals surface area (Å²) >= 11 is 0. The third-order valence-electron chi connectivity index (χ3n) is 12.0. The van der Waals surface area contributed by atoms with Crippen molar-refractivity contribution >= 4 is 65.7 Å². The fraction of sp³-hybridized carbons (Fsp3) is 0.106. The predicted molar refractivity (Wildman–Crippen MR) is 206 cm³/mol. The van der Waals surface area contributed by atoms with Crippen molar-refractivity contribution in [2.75, 3.05) is 0 Å². The van der Waals surface area contributed by atoms with Crippen molar-refractivity contribution in [1.82, 2.24) is 4.40 Å². The molecular formula is C47H33N3O+2. The van der Waals surface area contributed by atoms with Crippen LogP contribution in [0.25, 0.3) is 88.2 Å². The lowest BCUT2D eigenvalue weighted by Gasteiger charge is -2.29.